The molecule has 2 rings (SSSR count). The van der Waals surface area contributed by atoms with Crippen molar-refractivity contribution in [1.29, 1.82) is 0 Å². The van der Waals surface area contributed by atoms with E-state index in [-0.39, 0.29) is 29.9 Å². The van der Waals surface area contributed by atoms with Crippen molar-refractivity contribution in [2.24, 2.45) is 0 Å². The third-order valence-corrected chi connectivity index (χ3v) is 3.97. The molecular formula is C13H24N4O2. The van der Waals surface area contributed by atoms with Crippen LogP contribution in [0.3, 0.4) is 0 Å². The summed E-state index contributed by atoms with van der Waals surface area (Å²) in [6.45, 7) is 11.2. The average Bonchev–Trinajstić information content (AvgIpc) is 2.71. The van der Waals surface area contributed by atoms with Crippen LogP contribution in [-0.4, -0.2) is 69.7 Å². The largest absolute Gasteiger partial charge is 0.323 e. The third-order valence-electron chi connectivity index (χ3n) is 3.97. The quantitative estimate of drug-likeness (QED) is 0.763. The molecule has 2 fully saturated rings. The maximum Gasteiger partial charge on any atom is 0.323 e. The van der Waals surface area contributed by atoms with E-state index in [1.165, 1.54) is 0 Å². The molecule has 4 amide bonds. The van der Waals surface area contributed by atoms with Crippen LogP contribution in [0.4, 0.5) is 9.59 Å². The molecule has 2 unspecified atom stereocenters. The lowest BCUT2D eigenvalue weighted by Crippen LogP contribution is -2.54. The SMILES string of the molecule is CCN1C(=O)N(CC)C2C1N(C)C(=O)N2C(C)(C)C. The fraction of sp³-hybridized carbons (Fsp3) is 0.846. The van der Waals surface area contributed by atoms with Gasteiger partial charge in [0.05, 0.1) is 0 Å². The fourth-order valence-corrected chi connectivity index (χ4v) is 3.12. The van der Waals surface area contributed by atoms with Gasteiger partial charge in [0.1, 0.15) is 12.3 Å². The molecule has 6 nitrogen and oxygen atoms in total. The van der Waals surface area contributed by atoms with E-state index in [0.717, 1.165) is 0 Å². The van der Waals surface area contributed by atoms with Crippen LogP contribution in [0.15, 0.2) is 0 Å². The number of carbonyl (C=O) groups excluding carboxylic acids is 2. The summed E-state index contributed by atoms with van der Waals surface area (Å²) < 4.78 is 0. The molecule has 108 valence electrons. The van der Waals surface area contributed by atoms with E-state index >= 15 is 0 Å². The van der Waals surface area contributed by atoms with E-state index < -0.39 is 0 Å². The lowest BCUT2D eigenvalue weighted by molar-refractivity contribution is 0.0718. The molecule has 19 heavy (non-hydrogen) atoms. The van der Waals surface area contributed by atoms with Crippen molar-refractivity contribution < 1.29 is 9.59 Å². The number of urea groups is 2. The minimum atomic E-state index is -0.303. The Kier molecular flexibility index (Phi) is 3.15. The molecule has 0 aliphatic carbocycles. The molecule has 2 aliphatic rings. The summed E-state index contributed by atoms with van der Waals surface area (Å²) >= 11 is 0. The van der Waals surface area contributed by atoms with Crippen LogP contribution in [0.2, 0.25) is 0 Å². The van der Waals surface area contributed by atoms with E-state index in [1.54, 1.807) is 21.7 Å². The molecule has 0 bridgehead atoms. The zero-order chi connectivity index (χ0) is 14.5. The highest BCUT2D eigenvalue weighted by atomic mass is 16.2. The molecule has 0 aromatic heterocycles. The third kappa shape index (κ3) is 1.76. The highest BCUT2D eigenvalue weighted by molar-refractivity contribution is 5.85. The summed E-state index contributed by atoms with van der Waals surface area (Å²) in [5, 5.41) is 0. The summed E-state index contributed by atoms with van der Waals surface area (Å²) in [6.07, 6.45) is -0.362. The van der Waals surface area contributed by atoms with Crippen LogP contribution >= 0.6 is 0 Å². The summed E-state index contributed by atoms with van der Waals surface area (Å²) in [7, 11) is 1.78. The number of fused-ring (bicyclic) bond motifs is 1. The second-order valence-electron chi connectivity index (χ2n) is 6.12. The molecule has 2 aliphatic heterocycles. The van der Waals surface area contributed by atoms with Crippen molar-refractivity contribution in [3.05, 3.63) is 0 Å². The standard InChI is InChI=1S/C13H24N4O2/c1-7-15-9-10(16(8-2)12(15)19)17(13(3,4)5)11(18)14(9)6/h9-10H,7-8H2,1-6H3. The van der Waals surface area contributed by atoms with Crippen LogP contribution in [-0.2, 0) is 0 Å². The molecule has 0 aromatic carbocycles. The van der Waals surface area contributed by atoms with Crippen molar-refractivity contribution in [3.8, 4) is 0 Å². The summed E-state index contributed by atoms with van der Waals surface area (Å²) in [5.41, 5.74) is -0.303. The Bertz CT molecular complexity index is 404. The summed E-state index contributed by atoms with van der Waals surface area (Å²) in [4.78, 5) is 32.0. The number of hydrogen-bond acceptors (Lipinski definition) is 2. The van der Waals surface area contributed by atoms with Crippen LogP contribution in [0.1, 0.15) is 34.6 Å². The first-order chi connectivity index (χ1) is 8.75. The van der Waals surface area contributed by atoms with Gasteiger partial charge in [-0.05, 0) is 34.6 Å². The van der Waals surface area contributed by atoms with Gasteiger partial charge < -0.3 is 14.7 Å². The van der Waals surface area contributed by atoms with Crippen LogP contribution < -0.4 is 0 Å². The van der Waals surface area contributed by atoms with Gasteiger partial charge in [0, 0.05) is 25.7 Å². The number of likely N-dealkylation sites (N-methyl/N-ethyl adjacent to an activating group) is 3. The Hall–Kier alpha value is -1.46. The van der Waals surface area contributed by atoms with E-state index in [9.17, 15) is 9.59 Å². The second kappa shape index (κ2) is 4.28. The number of rotatable bonds is 2. The maximum atomic E-state index is 12.5. The average molecular weight is 268 g/mol. The lowest BCUT2D eigenvalue weighted by Gasteiger charge is -2.38. The van der Waals surface area contributed by atoms with Crippen molar-refractivity contribution in [2.75, 3.05) is 20.1 Å². The molecule has 0 N–H and O–H groups in total. The second-order valence-corrected chi connectivity index (χ2v) is 6.12. The lowest BCUT2D eigenvalue weighted by atomic mass is 10.1. The van der Waals surface area contributed by atoms with Crippen LogP contribution in [0, 0.1) is 0 Å². The molecule has 6 heteroatoms. The monoisotopic (exact) mass is 268 g/mol. The van der Waals surface area contributed by atoms with Crippen LogP contribution in [0.5, 0.6) is 0 Å². The molecule has 0 spiro atoms. The number of carbonyl (C=O) groups is 2. The molecule has 0 aromatic rings. The Morgan fingerprint density at radius 3 is 1.84 bits per heavy atom. The topological polar surface area (TPSA) is 47.1 Å². The van der Waals surface area contributed by atoms with Gasteiger partial charge >= 0.3 is 12.1 Å². The molecule has 2 atom stereocenters. The molecule has 0 saturated carbocycles. The van der Waals surface area contributed by atoms with Crippen molar-refractivity contribution in [1.82, 2.24) is 19.6 Å². The molecule has 0 radical (unpaired) electrons. The van der Waals surface area contributed by atoms with Gasteiger partial charge in [-0.15, -0.1) is 0 Å². The van der Waals surface area contributed by atoms with Crippen molar-refractivity contribution in [2.45, 2.75) is 52.5 Å². The van der Waals surface area contributed by atoms with Gasteiger partial charge in [-0.1, -0.05) is 0 Å². The first kappa shape index (κ1) is 14.0. The van der Waals surface area contributed by atoms with Gasteiger partial charge in [0.15, 0.2) is 0 Å². The van der Waals surface area contributed by atoms with Gasteiger partial charge in [0.2, 0.25) is 0 Å². The van der Waals surface area contributed by atoms with E-state index in [1.807, 2.05) is 39.5 Å². The molecule has 2 heterocycles. The smallest absolute Gasteiger partial charge is 0.303 e. The first-order valence-corrected chi connectivity index (χ1v) is 6.89. The zero-order valence-electron chi connectivity index (χ0n) is 12.7. The minimum Gasteiger partial charge on any atom is -0.303 e. The normalized spacial score (nSPS) is 27.7. The van der Waals surface area contributed by atoms with E-state index in [2.05, 4.69) is 0 Å². The van der Waals surface area contributed by atoms with Gasteiger partial charge in [0.25, 0.3) is 0 Å². The predicted molar refractivity (Wildman–Crippen MR) is 72.5 cm³/mol. The minimum absolute atomic E-state index is 0.00750. The Balaban J connectivity index is 2.47. The maximum absolute atomic E-state index is 12.5. The Labute approximate surface area is 114 Å². The zero-order valence-corrected chi connectivity index (χ0v) is 12.7. The Morgan fingerprint density at radius 1 is 0.947 bits per heavy atom. The van der Waals surface area contributed by atoms with Gasteiger partial charge in [-0.3, -0.25) is 4.90 Å². The van der Waals surface area contributed by atoms with E-state index in [4.69, 9.17) is 0 Å². The molecular weight excluding hydrogens is 244 g/mol. The summed E-state index contributed by atoms with van der Waals surface area (Å²) in [6, 6.07) is 0.0144. The van der Waals surface area contributed by atoms with Crippen molar-refractivity contribution >= 4 is 12.1 Å². The first-order valence-electron chi connectivity index (χ1n) is 6.89. The number of hydrogen-bond donors (Lipinski definition) is 0. The summed E-state index contributed by atoms with van der Waals surface area (Å²) in [5.74, 6) is 0. The highest BCUT2D eigenvalue weighted by Gasteiger charge is 2.59. The van der Waals surface area contributed by atoms with Gasteiger partial charge in [-0.2, -0.15) is 0 Å². The van der Waals surface area contributed by atoms with Gasteiger partial charge in [-0.25, -0.2) is 9.59 Å². The number of nitrogens with zero attached hydrogens (tertiary/aromatic N) is 4. The fourth-order valence-electron chi connectivity index (χ4n) is 3.12. The highest BCUT2D eigenvalue weighted by Crippen LogP contribution is 2.37. The van der Waals surface area contributed by atoms with Crippen molar-refractivity contribution in [3.63, 3.8) is 0 Å². The van der Waals surface area contributed by atoms with Crippen LogP contribution in [0.25, 0.3) is 0 Å². The predicted octanol–water partition coefficient (Wildman–Crippen LogP) is 1.58. The Morgan fingerprint density at radius 2 is 1.42 bits per heavy atom. The van der Waals surface area contributed by atoms with E-state index in [0.29, 0.717) is 13.1 Å². The number of amides is 4. The molecule has 2 saturated heterocycles.